The number of hydrogen-bond donors (Lipinski definition) is 1. The minimum absolute atomic E-state index is 0.0681. The number of carbonyl (C=O) groups excluding carboxylic acids is 2. The van der Waals surface area contributed by atoms with Crippen molar-refractivity contribution in [2.75, 3.05) is 13.2 Å². The highest BCUT2D eigenvalue weighted by molar-refractivity contribution is 5.76. The Morgan fingerprint density at radius 1 is 1.00 bits per heavy atom. The van der Waals surface area contributed by atoms with Crippen LogP contribution in [0.25, 0.3) is 0 Å². The summed E-state index contributed by atoms with van der Waals surface area (Å²) in [5.74, 6) is -1.21. The second-order valence-electron chi connectivity index (χ2n) is 6.11. The number of aliphatic hydroxyl groups is 1. The van der Waals surface area contributed by atoms with E-state index in [-0.39, 0.29) is 19.6 Å². The molecule has 0 bridgehead atoms. The van der Waals surface area contributed by atoms with Crippen molar-refractivity contribution in [1.82, 2.24) is 0 Å². The van der Waals surface area contributed by atoms with Gasteiger partial charge in [0.15, 0.2) is 12.4 Å². The Morgan fingerprint density at radius 3 is 2.32 bits per heavy atom. The summed E-state index contributed by atoms with van der Waals surface area (Å²) in [6.45, 7) is 5.95. The Balaban J connectivity index is 2.59. The zero-order chi connectivity index (χ0) is 18.7. The molecule has 0 radical (unpaired) electrons. The van der Waals surface area contributed by atoms with Gasteiger partial charge in [0.2, 0.25) is 0 Å². The Morgan fingerprint density at radius 2 is 1.68 bits per heavy atom. The summed E-state index contributed by atoms with van der Waals surface area (Å²) in [4.78, 5) is 23.5. The summed E-state index contributed by atoms with van der Waals surface area (Å²) in [5, 5.41) is 10.2. The highest BCUT2D eigenvalue weighted by Crippen LogP contribution is 2.28. The molecule has 1 unspecified atom stereocenters. The number of esters is 2. The first kappa shape index (κ1) is 21.9. The molecule has 0 aromatic heterocycles. The van der Waals surface area contributed by atoms with Gasteiger partial charge in [-0.2, -0.15) is 0 Å². The molecule has 7 nitrogen and oxygen atoms in total. The lowest BCUT2D eigenvalue weighted by Crippen LogP contribution is -2.42. The van der Waals surface area contributed by atoms with Gasteiger partial charge in [-0.05, 0) is 26.7 Å². The van der Waals surface area contributed by atoms with Gasteiger partial charge in [0, 0.05) is 0 Å². The number of ether oxygens (including phenoxy) is 4. The van der Waals surface area contributed by atoms with E-state index in [9.17, 15) is 14.7 Å². The zero-order valence-corrected chi connectivity index (χ0v) is 15.6. The molecule has 1 saturated heterocycles. The second-order valence-corrected chi connectivity index (χ2v) is 6.11. The van der Waals surface area contributed by atoms with Gasteiger partial charge < -0.3 is 24.1 Å². The standard InChI is InChI=1S/C18H32O7/c1-4-7-8-9-10-11-15-24-13(12-14(19)22-5-2)17(25-15)16(20)18(21)23-6-3/h13,15-17,20H,4-12H2,1-3H3/t13-,15?,16+,17-/m0/s1. The van der Waals surface area contributed by atoms with E-state index in [4.69, 9.17) is 18.9 Å². The van der Waals surface area contributed by atoms with E-state index in [0.29, 0.717) is 6.42 Å². The fraction of sp³-hybridized carbons (Fsp3) is 0.889. The van der Waals surface area contributed by atoms with Crippen molar-refractivity contribution >= 4 is 11.9 Å². The van der Waals surface area contributed by atoms with E-state index >= 15 is 0 Å². The van der Waals surface area contributed by atoms with Crippen LogP contribution in [-0.2, 0) is 28.5 Å². The lowest BCUT2D eigenvalue weighted by Gasteiger charge is -2.20. The topological polar surface area (TPSA) is 91.3 Å². The summed E-state index contributed by atoms with van der Waals surface area (Å²) in [6, 6.07) is 0. The summed E-state index contributed by atoms with van der Waals surface area (Å²) >= 11 is 0. The first-order chi connectivity index (χ1) is 12.0. The van der Waals surface area contributed by atoms with Crippen LogP contribution < -0.4 is 0 Å². The Hall–Kier alpha value is -1.18. The van der Waals surface area contributed by atoms with Crippen LogP contribution >= 0.6 is 0 Å². The van der Waals surface area contributed by atoms with Gasteiger partial charge in [-0.25, -0.2) is 4.79 Å². The maximum Gasteiger partial charge on any atom is 0.337 e. The summed E-state index contributed by atoms with van der Waals surface area (Å²) < 4.78 is 21.2. The summed E-state index contributed by atoms with van der Waals surface area (Å²) in [6.07, 6.45) is 2.46. The molecule has 0 aromatic rings. The van der Waals surface area contributed by atoms with E-state index in [1.165, 1.54) is 12.8 Å². The number of hydrogen-bond acceptors (Lipinski definition) is 7. The van der Waals surface area contributed by atoms with Gasteiger partial charge in [0.25, 0.3) is 0 Å². The predicted octanol–water partition coefficient (Wildman–Crippen LogP) is 2.33. The average molecular weight is 360 g/mol. The monoisotopic (exact) mass is 360 g/mol. The molecular weight excluding hydrogens is 328 g/mol. The van der Waals surface area contributed by atoms with Crippen LogP contribution in [0.4, 0.5) is 0 Å². The van der Waals surface area contributed by atoms with Crippen molar-refractivity contribution in [1.29, 1.82) is 0 Å². The van der Waals surface area contributed by atoms with Gasteiger partial charge in [0.05, 0.1) is 19.6 Å². The highest BCUT2D eigenvalue weighted by atomic mass is 16.7. The van der Waals surface area contributed by atoms with Gasteiger partial charge in [-0.3, -0.25) is 4.79 Å². The molecule has 1 aliphatic heterocycles. The van der Waals surface area contributed by atoms with Crippen molar-refractivity contribution in [2.45, 2.75) is 90.3 Å². The fourth-order valence-corrected chi connectivity index (χ4v) is 2.81. The molecule has 0 aromatic carbocycles. The Kier molecular flexibility index (Phi) is 10.7. The van der Waals surface area contributed by atoms with Crippen molar-refractivity contribution in [3.8, 4) is 0 Å². The SMILES string of the molecule is CCCCCCCC1O[C@H]([C@@H](O)C(=O)OCC)[C@H](CC(=O)OCC)O1. The molecule has 25 heavy (non-hydrogen) atoms. The Labute approximate surface area is 150 Å². The minimum Gasteiger partial charge on any atom is -0.466 e. The maximum absolute atomic E-state index is 11.8. The Bertz CT molecular complexity index is 399. The third-order valence-electron chi connectivity index (χ3n) is 4.06. The van der Waals surface area contributed by atoms with Crippen LogP contribution in [0.1, 0.15) is 65.7 Å². The number of aliphatic hydroxyl groups excluding tert-OH is 1. The molecule has 4 atom stereocenters. The third kappa shape index (κ3) is 7.71. The lowest BCUT2D eigenvalue weighted by atomic mass is 10.1. The highest BCUT2D eigenvalue weighted by Gasteiger charge is 2.44. The molecule has 0 amide bonds. The van der Waals surface area contributed by atoms with Crippen LogP contribution in [0, 0.1) is 0 Å². The first-order valence-corrected chi connectivity index (χ1v) is 9.34. The number of carbonyl (C=O) groups is 2. The minimum atomic E-state index is -1.48. The van der Waals surface area contributed by atoms with Gasteiger partial charge in [-0.1, -0.05) is 32.6 Å². The molecule has 7 heteroatoms. The first-order valence-electron chi connectivity index (χ1n) is 9.34. The third-order valence-corrected chi connectivity index (χ3v) is 4.06. The largest absolute Gasteiger partial charge is 0.466 e. The van der Waals surface area contributed by atoms with E-state index in [2.05, 4.69) is 6.92 Å². The molecule has 0 saturated carbocycles. The van der Waals surface area contributed by atoms with E-state index < -0.39 is 36.5 Å². The predicted molar refractivity (Wildman–Crippen MR) is 90.8 cm³/mol. The van der Waals surface area contributed by atoms with Crippen LogP contribution in [0.15, 0.2) is 0 Å². The smallest absolute Gasteiger partial charge is 0.337 e. The van der Waals surface area contributed by atoms with Gasteiger partial charge >= 0.3 is 11.9 Å². The van der Waals surface area contributed by atoms with Crippen LogP contribution in [-0.4, -0.2) is 54.9 Å². The van der Waals surface area contributed by atoms with Crippen LogP contribution in [0.2, 0.25) is 0 Å². The van der Waals surface area contributed by atoms with Crippen molar-refractivity contribution in [3.63, 3.8) is 0 Å². The fourth-order valence-electron chi connectivity index (χ4n) is 2.81. The van der Waals surface area contributed by atoms with Gasteiger partial charge in [-0.15, -0.1) is 0 Å². The van der Waals surface area contributed by atoms with Crippen molar-refractivity contribution in [2.24, 2.45) is 0 Å². The molecule has 0 aliphatic carbocycles. The molecule has 146 valence electrons. The second kappa shape index (κ2) is 12.2. The molecule has 1 N–H and O–H groups in total. The van der Waals surface area contributed by atoms with Crippen molar-refractivity contribution in [3.05, 3.63) is 0 Å². The molecule has 1 fully saturated rings. The summed E-state index contributed by atoms with van der Waals surface area (Å²) in [5.41, 5.74) is 0. The van der Waals surface area contributed by atoms with Crippen LogP contribution in [0.3, 0.4) is 0 Å². The van der Waals surface area contributed by atoms with Gasteiger partial charge in [0.1, 0.15) is 12.2 Å². The average Bonchev–Trinajstić information content (AvgIpc) is 2.97. The maximum atomic E-state index is 11.8. The van der Waals surface area contributed by atoms with Crippen LogP contribution in [0.5, 0.6) is 0 Å². The number of unbranched alkanes of at least 4 members (excludes halogenated alkanes) is 4. The zero-order valence-electron chi connectivity index (χ0n) is 15.6. The molecule has 1 heterocycles. The summed E-state index contributed by atoms with van der Waals surface area (Å²) in [7, 11) is 0. The lowest BCUT2D eigenvalue weighted by molar-refractivity contribution is -0.162. The molecule has 1 aliphatic rings. The van der Waals surface area contributed by atoms with Crippen molar-refractivity contribution < 1.29 is 33.6 Å². The van der Waals surface area contributed by atoms with E-state index in [1.54, 1.807) is 13.8 Å². The molecule has 0 spiro atoms. The quantitative estimate of drug-likeness (QED) is 0.422. The number of rotatable bonds is 12. The normalized spacial score (nSPS) is 24.1. The molecule has 1 rings (SSSR count). The molecular formula is C18H32O7. The van der Waals surface area contributed by atoms with E-state index in [0.717, 1.165) is 19.3 Å². The van der Waals surface area contributed by atoms with E-state index in [1.807, 2.05) is 0 Å².